The van der Waals surface area contributed by atoms with Crippen molar-refractivity contribution in [3.05, 3.63) is 30.1 Å². The van der Waals surface area contributed by atoms with Gasteiger partial charge >= 0.3 is 0 Å². The van der Waals surface area contributed by atoms with Crippen LogP contribution in [0.15, 0.2) is 24.3 Å². The largest absolute Gasteiger partial charge is 0.380 e. The molecular weight excluding hydrogens is 215 g/mol. The molecule has 16 heavy (non-hydrogen) atoms. The first kappa shape index (κ1) is 11.3. The SMILES string of the molecule is Fc1ccccc1NC1CCCC(F)(F)C1. The van der Waals surface area contributed by atoms with E-state index in [-0.39, 0.29) is 18.9 Å². The van der Waals surface area contributed by atoms with Crippen LogP contribution in [0.2, 0.25) is 0 Å². The Hall–Kier alpha value is -1.19. The lowest BCUT2D eigenvalue weighted by Crippen LogP contribution is -2.34. The molecule has 2 rings (SSSR count). The number of para-hydroxylation sites is 1. The highest BCUT2D eigenvalue weighted by Gasteiger charge is 2.36. The Morgan fingerprint density at radius 1 is 1.25 bits per heavy atom. The van der Waals surface area contributed by atoms with Crippen LogP contribution in [0.5, 0.6) is 0 Å². The van der Waals surface area contributed by atoms with Gasteiger partial charge in [0, 0.05) is 18.9 Å². The fourth-order valence-electron chi connectivity index (χ4n) is 2.09. The van der Waals surface area contributed by atoms with Gasteiger partial charge in [-0.25, -0.2) is 13.2 Å². The van der Waals surface area contributed by atoms with E-state index in [9.17, 15) is 13.2 Å². The zero-order valence-electron chi connectivity index (χ0n) is 8.85. The number of benzene rings is 1. The van der Waals surface area contributed by atoms with E-state index in [0.29, 0.717) is 18.5 Å². The molecular formula is C12H14F3N. The molecule has 1 fully saturated rings. The molecule has 4 heteroatoms. The maximum absolute atomic E-state index is 13.3. The second-order valence-corrected chi connectivity index (χ2v) is 4.27. The summed E-state index contributed by atoms with van der Waals surface area (Å²) in [4.78, 5) is 0. The van der Waals surface area contributed by atoms with Gasteiger partial charge in [-0.05, 0) is 25.0 Å². The van der Waals surface area contributed by atoms with Gasteiger partial charge in [0.25, 0.3) is 0 Å². The molecule has 0 aromatic heterocycles. The Balaban J connectivity index is 2.02. The molecule has 1 N–H and O–H groups in total. The van der Waals surface area contributed by atoms with Crippen molar-refractivity contribution in [2.24, 2.45) is 0 Å². The van der Waals surface area contributed by atoms with Crippen molar-refractivity contribution in [2.45, 2.75) is 37.6 Å². The third-order valence-electron chi connectivity index (χ3n) is 2.87. The van der Waals surface area contributed by atoms with Gasteiger partial charge in [0.2, 0.25) is 5.92 Å². The lowest BCUT2D eigenvalue weighted by Gasteiger charge is -2.30. The Morgan fingerprint density at radius 2 is 2.00 bits per heavy atom. The van der Waals surface area contributed by atoms with Crippen molar-refractivity contribution >= 4 is 5.69 Å². The van der Waals surface area contributed by atoms with Crippen LogP contribution in [-0.4, -0.2) is 12.0 Å². The molecule has 1 aromatic carbocycles. The van der Waals surface area contributed by atoms with Crippen LogP contribution in [0, 0.1) is 5.82 Å². The van der Waals surface area contributed by atoms with E-state index < -0.39 is 11.7 Å². The number of halogens is 3. The second-order valence-electron chi connectivity index (χ2n) is 4.27. The van der Waals surface area contributed by atoms with E-state index in [0.717, 1.165) is 0 Å². The van der Waals surface area contributed by atoms with E-state index in [4.69, 9.17) is 0 Å². The highest BCUT2D eigenvalue weighted by Crippen LogP contribution is 2.34. The molecule has 0 aliphatic heterocycles. The van der Waals surface area contributed by atoms with Crippen LogP contribution >= 0.6 is 0 Å². The van der Waals surface area contributed by atoms with Gasteiger partial charge in [-0.1, -0.05) is 12.1 Å². The lowest BCUT2D eigenvalue weighted by atomic mass is 9.92. The Morgan fingerprint density at radius 3 is 2.69 bits per heavy atom. The van der Waals surface area contributed by atoms with Crippen LogP contribution in [0.1, 0.15) is 25.7 Å². The van der Waals surface area contributed by atoms with E-state index >= 15 is 0 Å². The molecule has 1 saturated carbocycles. The third-order valence-corrected chi connectivity index (χ3v) is 2.87. The normalized spacial score (nSPS) is 24.1. The Bertz CT molecular complexity index is 365. The smallest absolute Gasteiger partial charge is 0.250 e. The highest BCUT2D eigenvalue weighted by atomic mass is 19.3. The van der Waals surface area contributed by atoms with E-state index in [1.165, 1.54) is 6.07 Å². The molecule has 0 radical (unpaired) electrons. The van der Waals surface area contributed by atoms with Crippen LogP contribution < -0.4 is 5.32 Å². The molecule has 0 heterocycles. The topological polar surface area (TPSA) is 12.0 Å². The van der Waals surface area contributed by atoms with Crippen molar-refractivity contribution in [3.8, 4) is 0 Å². The first-order chi connectivity index (χ1) is 7.57. The molecule has 0 spiro atoms. The summed E-state index contributed by atoms with van der Waals surface area (Å²) >= 11 is 0. The molecule has 1 aliphatic carbocycles. The van der Waals surface area contributed by atoms with Crippen molar-refractivity contribution in [3.63, 3.8) is 0 Å². The minimum Gasteiger partial charge on any atom is -0.380 e. The maximum atomic E-state index is 13.3. The van der Waals surface area contributed by atoms with Gasteiger partial charge in [0.15, 0.2) is 0 Å². The summed E-state index contributed by atoms with van der Waals surface area (Å²) in [6, 6.07) is 5.83. The summed E-state index contributed by atoms with van der Waals surface area (Å²) in [7, 11) is 0. The standard InChI is InChI=1S/C12H14F3N/c13-10-5-1-2-6-11(10)16-9-4-3-7-12(14,15)8-9/h1-2,5-6,9,16H,3-4,7-8H2. The first-order valence-corrected chi connectivity index (χ1v) is 5.46. The fourth-order valence-corrected chi connectivity index (χ4v) is 2.09. The Labute approximate surface area is 92.7 Å². The van der Waals surface area contributed by atoms with Gasteiger partial charge in [-0.3, -0.25) is 0 Å². The first-order valence-electron chi connectivity index (χ1n) is 5.46. The van der Waals surface area contributed by atoms with Gasteiger partial charge in [0.05, 0.1) is 5.69 Å². The summed E-state index contributed by atoms with van der Waals surface area (Å²) in [5.74, 6) is -3.00. The minimum absolute atomic E-state index is 0.0531. The van der Waals surface area contributed by atoms with E-state index in [1.807, 2.05) is 0 Å². The average molecular weight is 229 g/mol. The van der Waals surface area contributed by atoms with Crippen LogP contribution in [0.25, 0.3) is 0 Å². The molecule has 1 atom stereocenters. The van der Waals surface area contributed by atoms with Gasteiger partial charge in [-0.2, -0.15) is 0 Å². The Kier molecular flexibility index (Phi) is 3.08. The summed E-state index contributed by atoms with van der Waals surface area (Å²) < 4.78 is 39.5. The summed E-state index contributed by atoms with van der Waals surface area (Å²) in [6.07, 6.45) is 0.896. The zero-order chi connectivity index (χ0) is 11.6. The van der Waals surface area contributed by atoms with Gasteiger partial charge in [0.1, 0.15) is 5.82 Å². The molecule has 1 aliphatic rings. The third kappa shape index (κ3) is 2.68. The summed E-state index contributed by atoms with van der Waals surface area (Å²) in [5.41, 5.74) is 0.310. The van der Waals surface area contributed by atoms with Gasteiger partial charge < -0.3 is 5.32 Å². The second kappa shape index (κ2) is 4.36. The molecule has 88 valence electrons. The maximum Gasteiger partial charge on any atom is 0.250 e. The zero-order valence-corrected chi connectivity index (χ0v) is 8.85. The average Bonchev–Trinajstić information content (AvgIpc) is 2.20. The molecule has 1 unspecified atom stereocenters. The van der Waals surface area contributed by atoms with Crippen molar-refractivity contribution in [1.29, 1.82) is 0 Å². The summed E-state index contributed by atoms with van der Waals surface area (Å²) in [6.45, 7) is 0. The molecule has 1 nitrogen and oxygen atoms in total. The van der Waals surface area contributed by atoms with Crippen LogP contribution in [-0.2, 0) is 0 Å². The van der Waals surface area contributed by atoms with E-state index in [1.54, 1.807) is 18.2 Å². The molecule has 0 saturated heterocycles. The number of hydrogen-bond donors (Lipinski definition) is 1. The quantitative estimate of drug-likeness (QED) is 0.813. The number of nitrogens with one attached hydrogen (secondary N) is 1. The number of alkyl halides is 2. The number of rotatable bonds is 2. The highest BCUT2D eigenvalue weighted by molar-refractivity contribution is 5.45. The van der Waals surface area contributed by atoms with Crippen molar-refractivity contribution in [1.82, 2.24) is 0 Å². The van der Waals surface area contributed by atoms with E-state index in [2.05, 4.69) is 5.32 Å². The van der Waals surface area contributed by atoms with Crippen LogP contribution in [0.3, 0.4) is 0 Å². The monoisotopic (exact) mass is 229 g/mol. The van der Waals surface area contributed by atoms with Gasteiger partial charge in [-0.15, -0.1) is 0 Å². The number of anilines is 1. The molecule has 0 amide bonds. The minimum atomic E-state index is -2.61. The lowest BCUT2D eigenvalue weighted by molar-refractivity contribution is -0.0373. The predicted octanol–water partition coefficient (Wildman–Crippen LogP) is 3.82. The molecule has 0 bridgehead atoms. The van der Waals surface area contributed by atoms with Crippen molar-refractivity contribution in [2.75, 3.05) is 5.32 Å². The summed E-state index contributed by atoms with van der Waals surface area (Å²) in [5, 5.41) is 2.85. The molecule has 1 aromatic rings. The number of hydrogen-bond acceptors (Lipinski definition) is 1. The predicted molar refractivity (Wildman–Crippen MR) is 57.2 cm³/mol. The van der Waals surface area contributed by atoms with Crippen LogP contribution in [0.4, 0.5) is 18.9 Å². The fraction of sp³-hybridized carbons (Fsp3) is 0.500. The van der Waals surface area contributed by atoms with Crippen molar-refractivity contribution < 1.29 is 13.2 Å².